The van der Waals surface area contributed by atoms with Gasteiger partial charge in [0, 0.05) is 35.2 Å². The van der Waals surface area contributed by atoms with Gasteiger partial charge in [0.25, 0.3) is 0 Å². The summed E-state index contributed by atoms with van der Waals surface area (Å²) in [5, 5.41) is 24.0. The summed E-state index contributed by atoms with van der Waals surface area (Å²) in [5.74, 6) is -8.82. The van der Waals surface area contributed by atoms with Gasteiger partial charge < -0.3 is 29.2 Å². The van der Waals surface area contributed by atoms with Gasteiger partial charge in [0.15, 0.2) is 11.6 Å². The Bertz CT molecular complexity index is 1480. The molecule has 5 fully saturated rings. The largest absolute Gasteiger partial charge is 0.456 e. The highest BCUT2D eigenvalue weighted by Crippen LogP contribution is 2.71. The van der Waals surface area contributed by atoms with E-state index in [1.165, 1.54) is 6.92 Å². The molecule has 1 spiro atoms. The van der Waals surface area contributed by atoms with Crippen molar-refractivity contribution in [3.05, 3.63) is 46.5 Å². The zero-order valence-corrected chi connectivity index (χ0v) is 28.7. The molecule has 6 nitrogen and oxygen atoms in total. The molecular weight excluding hydrogens is 635 g/mol. The number of aliphatic hydroxyl groups is 2. The molecule has 2 N–H and O–H groups in total. The smallest absolute Gasteiger partial charge is 0.385 e. The molecule has 48 heavy (non-hydrogen) atoms. The highest BCUT2D eigenvalue weighted by Gasteiger charge is 2.79. The number of fused-ring (bicyclic) bond motifs is 4. The van der Waals surface area contributed by atoms with E-state index in [-0.39, 0.29) is 30.6 Å². The highest BCUT2D eigenvalue weighted by molar-refractivity contribution is 5.45. The zero-order valence-electron chi connectivity index (χ0n) is 28.7. The molecule has 1 aromatic carbocycles. The van der Waals surface area contributed by atoms with Crippen molar-refractivity contribution in [2.45, 2.75) is 139 Å². The molecule has 0 amide bonds. The average Bonchev–Trinajstić information content (AvgIpc) is 3.45. The number of alkyl halides is 5. The molecule has 7 rings (SSSR count). The Morgan fingerprint density at radius 3 is 2.02 bits per heavy atom. The Hall–Kier alpha value is -1.63. The molecule has 0 bridgehead atoms. The van der Waals surface area contributed by atoms with Gasteiger partial charge in [0.05, 0.1) is 31.0 Å². The van der Waals surface area contributed by atoms with Crippen LogP contribution in [0, 0.1) is 22.7 Å². The van der Waals surface area contributed by atoms with Gasteiger partial charge in [-0.25, -0.2) is 0 Å². The van der Waals surface area contributed by atoms with Gasteiger partial charge in [-0.2, -0.15) is 22.0 Å². The Morgan fingerprint density at radius 2 is 1.44 bits per heavy atom. The predicted octanol–water partition coefficient (Wildman–Crippen LogP) is 7.91. The Morgan fingerprint density at radius 1 is 0.792 bits per heavy atom. The first-order valence-electron chi connectivity index (χ1n) is 17.3. The van der Waals surface area contributed by atoms with Crippen LogP contribution in [0.2, 0.25) is 0 Å². The van der Waals surface area contributed by atoms with E-state index in [9.17, 15) is 23.4 Å². The van der Waals surface area contributed by atoms with Crippen LogP contribution in [0.1, 0.15) is 110 Å². The molecule has 3 saturated carbocycles. The highest BCUT2D eigenvalue weighted by atomic mass is 19.4. The van der Waals surface area contributed by atoms with Crippen LogP contribution in [0.4, 0.5) is 22.0 Å². The summed E-state index contributed by atoms with van der Waals surface area (Å²) < 4.78 is 97.6. The van der Waals surface area contributed by atoms with Gasteiger partial charge >= 0.3 is 12.1 Å². The second-order valence-corrected chi connectivity index (χ2v) is 17.4. The number of rotatable bonds is 3. The summed E-state index contributed by atoms with van der Waals surface area (Å²) in [6.45, 7) is 12.6. The first-order chi connectivity index (χ1) is 22.0. The Labute approximate surface area is 279 Å². The third-order valence-electron chi connectivity index (χ3n) is 12.9. The van der Waals surface area contributed by atoms with Crippen LogP contribution in [0.5, 0.6) is 0 Å². The van der Waals surface area contributed by atoms with Crippen molar-refractivity contribution in [1.29, 1.82) is 0 Å². The summed E-state index contributed by atoms with van der Waals surface area (Å²) in [4.78, 5) is 0. The first kappa shape index (κ1) is 34.8. The van der Waals surface area contributed by atoms with E-state index >= 15 is 8.78 Å². The van der Waals surface area contributed by atoms with Crippen molar-refractivity contribution in [3.63, 3.8) is 0 Å². The second-order valence-electron chi connectivity index (χ2n) is 17.4. The van der Waals surface area contributed by atoms with E-state index in [1.807, 2.05) is 45.0 Å². The van der Waals surface area contributed by atoms with Gasteiger partial charge in [-0.3, -0.25) is 0 Å². The molecule has 0 radical (unpaired) electrons. The van der Waals surface area contributed by atoms with Crippen LogP contribution in [0.25, 0.3) is 0 Å². The fourth-order valence-electron chi connectivity index (χ4n) is 10.4. The molecule has 2 heterocycles. The van der Waals surface area contributed by atoms with E-state index in [4.69, 9.17) is 18.9 Å². The van der Waals surface area contributed by atoms with Crippen molar-refractivity contribution in [3.8, 4) is 0 Å². The van der Waals surface area contributed by atoms with Crippen molar-refractivity contribution in [2.75, 3.05) is 19.8 Å². The number of allylic oxidation sites excluding steroid dienone is 1. The van der Waals surface area contributed by atoms with Crippen LogP contribution in [-0.4, -0.2) is 64.7 Å². The molecule has 11 heteroatoms. The monoisotopic (exact) mass is 684 g/mol. The number of halogens is 5. The first-order valence-corrected chi connectivity index (χ1v) is 17.3. The van der Waals surface area contributed by atoms with Crippen LogP contribution < -0.4 is 0 Å². The second kappa shape index (κ2) is 10.5. The Balaban J connectivity index is 1.32. The quantitative estimate of drug-likeness (QED) is 0.249. The van der Waals surface area contributed by atoms with Gasteiger partial charge in [-0.05, 0) is 82.3 Å². The summed E-state index contributed by atoms with van der Waals surface area (Å²) in [5.41, 5.74) is -3.72. The lowest BCUT2D eigenvalue weighted by Crippen LogP contribution is -2.65. The minimum absolute atomic E-state index is 0.0399. The topological polar surface area (TPSA) is 77.4 Å². The minimum atomic E-state index is -5.90. The summed E-state index contributed by atoms with van der Waals surface area (Å²) >= 11 is 0. The number of hydrogen-bond donors (Lipinski definition) is 2. The summed E-state index contributed by atoms with van der Waals surface area (Å²) in [6, 6.07) is 7.43. The van der Waals surface area contributed by atoms with E-state index in [0.29, 0.717) is 45.5 Å². The van der Waals surface area contributed by atoms with Gasteiger partial charge in [-0.15, -0.1) is 0 Å². The maximum absolute atomic E-state index is 15.4. The van der Waals surface area contributed by atoms with Crippen molar-refractivity contribution in [1.82, 2.24) is 0 Å². The predicted molar refractivity (Wildman–Crippen MR) is 166 cm³/mol. The number of benzene rings is 1. The lowest BCUT2D eigenvalue weighted by molar-refractivity contribution is -0.362. The zero-order chi connectivity index (χ0) is 35.0. The average molecular weight is 685 g/mol. The fraction of sp³-hybridized carbons (Fsp3) is 0.784. The molecule has 268 valence electrons. The van der Waals surface area contributed by atoms with Crippen molar-refractivity contribution >= 4 is 0 Å². The minimum Gasteiger partial charge on any atom is -0.385 e. The maximum atomic E-state index is 15.4. The lowest BCUT2D eigenvalue weighted by atomic mass is 9.49. The van der Waals surface area contributed by atoms with E-state index in [2.05, 4.69) is 13.8 Å². The SMILES string of the molecule is CC1(C)COC2(CCC3=C4[C@@H](CC[C@@]3(O)C2)[C@@H]2CC[C@@](O)(C(F)(F)C(F)(F)F)[C@@]2(C)C[C@@H]4c2ccc(C3(C)OCC(C)(C)O3)cc2)OC1. The molecule has 1 aromatic rings. The van der Waals surface area contributed by atoms with Crippen molar-refractivity contribution < 1.29 is 51.1 Å². The van der Waals surface area contributed by atoms with Crippen molar-refractivity contribution in [2.24, 2.45) is 22.7 Å². The molecule has 2 saturated heterocycles. The molecule has 7 atom stereocenters. The molecular formula is C37H49F5O6. The van der Waals surface area contributed by atoms with Gasteiger partial charge in [0.1, 0.15) is 5.60 Å². The number of ether oxygens (including phenoxy) is 4. The lowest BCUT2D eigenvalue weighted by Gasteiger charge is -2.59. The van der Waals surface area contributed by atoms with Crippen LogP contribution >= 0.6 is 0 Å². The van der Waals surface area contributed by atoms with E-state index < -0.39 is 64.1 Å². The summed E-state index contributed by atoms with van der Waals surface area (Å²) in [6.07, 6.45) is -4.74. The summed E-state index contributed by atoms with van der Waals surface area (Å²) in [7, 11) is 0. The molecule has 1 unspecified atom stereocenters. The van der Waals surface area contributed by atoms with Gasteiger partial charge in [-0.1, -0.05) is 50.6 Å². The standard InChI is InChI=1S/C37H49F5O6/c1-29(2)19-46-34(47-20-29)15-12-27-28-24(11-14-33(27,43)18-34)26-13-16-35(44,36(38,39)37(40,41)42)31(26,5)17-25(28)22-7-9-23(10-8-22)32(6)45-21-30(3,4)48-32/h7-10,24-26,43-44H,11-21H2,1-6H3/t24-,25+,26-,31-,32?,33+,35-/m0/s1. The van der Waals surface area contributed by atoms with Crippen LogP contribution in [0.3, 0.4) is 0 Å². The molecule has 4 aliphatic carbocycles. The normalized spacial score (nSPS) is 42.0. The molecule has 2 aliphatic heterocycles. The Kier molecular flexibility index (Phi) is 7.59. The maximum Gasteiger partial charge on any atom is 0.456 e. The molecule has 0 aromatic heterocycles. The third kappa shape index (κ3) is 4.99. The molecule has 6 aliphatic rings. The fourth-order valence-corrected chi connectivity index (χ4v) is 10.4. The van der Waals surface area contributed by atoms with Gasteiger partial charge in [0.2, 0.25) is 0 Å². The number of hydrogen-bond acceptors (Lipinski definition) is 6. The van der Waals surface area contributed by atoms with Crippen LogP contribution in [0.15, 0.2) is 35.4 Å². The van der Waals surface area contributed by atoms with E-state index in [1.54, 1.807) is 0 Å². The third-order valence-corrected chi connectivity index (χ3v) is 12.9. The van der Waals surface area contributed by atoms with Crippen LogP contribution in [-0.2, 0) is 24.7 Å². The van der Waals surface area contributed by atoms with E-state index in [0.717, 1.165) is 22.3 Å².